The quantitative estimate of drug-likeness (QED) is 0.897. The molecular formula is C15H14BrFN2O. The Hall–Kier alpha value is -1.88. The molecule has 0 aliphatic carbocycles. The van der Waals surface area contributed by atoms with Crippen molar-refractivity contribution in [3.8, 4) is 0 Å². The second-order valence-electron chi connectivity index (χ2n) is 4.46. The Morgan fingerprint density at radius 2 is 2.00 bits per heavy atom. The summed E-state index contributed by atoms with van der Waals surface area (Å²) in [5, 5.41) is 3.00. The van der Waals surface area contributed by atoms with Crippen LogP contribution >= 0.6 is 15.9 Å². The van der Waals surface area contributed by atoms with Crippen molar-refractivity contribution in [3.63, 3.8) is 0 Å². The Labute approximate surface area is 125 Å². The molecule has 0 heterocycles. The van der Waals surface area contributed by atoms with Crippen molar-refractivity contribution in [2.45, 2.75) is 13.0 Å². The molecule has 0 aliphatic heterocycles. The minimum Gasteiger partial charge on any atom is -0.370 e. The van der Waals surface area contributed by atoms with E-state index in [0.717, 1.165) is 11.3 Å². The van der Waals surface area contributed by atoms with Crippen LogP contribution in [-0.4, -0.2) is 5.91 Å². The first-order valence-corrected chi connectivity index (χ1v) is 6.85. The number of hydrogen-bond donors (Lipinski definition) is 2. The molecule has 0 aromatic heterocycles. The summed E-state index contributed by atoms with van der Waals surface area (Å²) in [7, 11) is 0. The molecule has 0 saturated carbocycles. The molecule has 3 N–H and O–H groups in total. The number of carbonyl (C=O) groups is 1. The van der Waals surface area contributed by atoms with Gasteiger partial charge in [-0.1, -0.05) is 34.1 Å². The van der Waals surface area contributed by atoms with Gasteiger partial charge in [0.15, 0.2) is 0 Å². The van der Waals surface area contributed by atoms with Crippen molar-refractivity contribution in [2.24, 2.45) is 5.73 Å². The van der Waals surface area contributed by atoms with Gasteiger partial charge < -0.3 is 11.1 Å². The first kappa shape index (κ1) is 14.5. The average Bonchev–Trinajstić information content (AvgIpc) is 2.40. The SMILES string of the molecule is Cc1ccccc1NC(C(N)=O)c1cc(Br)ccc1F. The molecule has 0 fully saturated rings. The van der Waals surface area contributed by atoms with Crippen LogP contribution in [0.15, 0.2) is 46.9 Å². The van der Waals surface area contributed by atoms with Gasteiger partial charge in [-0.3, -0.25) is 4.79 Å². The van der Waals surface area contributed by atoms with Gasteiger partial charge in [-0.05, 0) is 36.8 Å². The number of rotatable bonds is 4. The van der Waals surface area contributed by atoms with Gasteiger partial charge in [-0.2, -0.15) is 0 Å². The van der Waals surface area contributed by atoms with E-state index in [1.54, 1.807) is 12.1 Å². The smallest absolute Gasteiger partial charge is 0.244 e. The van der Waals surface area contributed by atoms with Crippen LogP contribution in [0, 0.1) is 12.7 Å². The molecule has 20 heavy (non-hydrogen) atoms. The Balaban J connectivity index is 2.40. The van der Waals surface area contributed by atoms with E-state index in [2.05, 4.69) is 21.2 Å². The molecule has 0 aliphatic rings. The summed E-state index contributed by atoms with van der Waals surface area (Å²) < 4.78 is 14.6. The van der Waals surface area contributed by atoms with Gasteiger partial charge in [0, 0.05) is 15.7 Å². The predicted molar refractivity (Wildman–Crippen MR) is 80.8 cm³/mol. The highest BCUT2D eigenvalue weighted by Gasteiger charge is 2.22. The highest BCUT2D eigenvalue weighted by molar-refractivity contribution is 9.10. The standard InChI is InChI=1S/C15H14BrFN2O/c1-9-4-2-3-5-13(9)19-14(15(18)20)11-8-10(16)6-7-12(11)17/h2-8,14,19H,1H3,(H2,18,20). The lowest BCUT2D eigenvalue weighted by Gasteiger charge is -2.19. The number of amides is 1. The van der Waals surface area contributed by atoms with Crippen molar-refractivity contribution in [1.82, 2.24) is 0 Å². The summed E-state index contributed by atoms with van der Waals surface area (Å²) in [6.07, 6.45) is 0. The molecule has 3 nitrogen and oxygen atoms in total. The van der Waals surface area contributed by atoms with Crippen LogP contribution in [0.4, 0.5) is 10.1 Å². The summed E-state index contributed by atoms with van der Waals surface area (Å²) in [5.41, 5.74) is 7.32. The normalized spacial score (nSPS) is 11.9. The third-order valence-corrected chi connectivity index (χ3v) is 3.49. The summed E-state index contributed by atoms with van der Waals surface area (Å²) in [5.74, 6) is -1.11. The minimum atomic E-state index is -0.923. The van der Waals surface area contributed by atoms with E-state index in [1.165, 1.54) is 6.07 Å². The maximum absolute atomic E-state index is 13.9. The molecular weight excluding hydrogens is 323 g/mol. The van der Waals surface area contributed by atoms with Gasteiger partial charge in [-0.25, -0.2) is 4.39 Å². The van der Waals surface area contributed by atoms with Crippen molar-refractivity contribution in [3.05, 3.63) is 63.9 Å². The van der Waals surface area contributed by atoms with Crippen LogP contribution < -0.4 is 11.1 Å². The number of benzene rings is 2. The number of nitrogens with two attached hydrogens (primary N) is 1. The summed E-state index contributed by atoms with van der Waals surface area (Å²) >= 11 is 3.27. The predicted octanol–water partition coefficient (Wildman–Crippen LogP) is 3.54. The van der Waals surface area contributed by atoms with Crippen LogP contribution in [0.25, 0.3) is 0 Å². The van der Waals surface area contributed by atoms with Crippen molar-refractivity contribution in [1.29, 1.82) is 0 Å². The topological polar surface area (TPSA) is 55.1 Å². The Morgan fingerprint density at radius 1 is 1.30 bits per heavy atom. The zero-order valence-corrected chi connectivity index (χ0v) is 12.4. The number of aryl methyl sites for hydroxylation is 1. The zero-order valence-electron chi connectivity index (χ0n) is 10.9. The van der Waals surface area contributed by atoms with E-state index < -0.39 is 17.8 Å². The fraction of sp³-hybridized carbons (Fsp3) is 0.133. The molecule has 104 valence electrons. The van der Waals surface area contributed by atoms with Crippen LogP contribution in [0.2, 0.25) is 0 Å². The van der Waals surface area contributed by atoms with Gasteiger partial charge in [-0.15, -0.1) is 0 Å². The third kappa shape index (κ3) is 3.17. The Bertz CT molecular complexity index is 646. The lowest BCUT2D eigenvalue weighted by atomic mass is 10.0. The van der Waals surface area contributed by atoms with Gasteiger partial charge in [0.05, 0.1) is 0 Å². The molecule has 1 unspecified atom stereocenters. The maximum Gasteiger partial charge on any atom is 0.244 e. The first-order chi connectivity index (χ1) is 9.49. The number of nitrogens with one attached hydrogen (secondary N) is 1. The number of hydrogen-bond acceptors (Lipinski definition) is 2. The van der Waals surface area contributed by atoms with E-state index in [9.17, 15) is 9.18 Å². The highest BCUT2D eigenvalue weighted by atomic mass is 79.9. The van der Waals surface area contributed by atoms with E-state index in [4.69, 9.17) is 5.73 Å². The lowest BCUT2D eigenvalue weighted by Crippen LogP contribution is -2.28. The number of para-hydroxylation sites is 1. The first-order valence-electron chi connectivity index (χ1n) is 6.05. The van der Waals surface area contributed by atoms with Gasteiger partial charge in [0.2, 0.25) is 5.91 Å². The van der Waals surface area contributed by atoms with Gasteiger partial charge >= 0.3 is 0 Å². The van der Waals surface area contributed by atoms with Crippen molar-refractivity contribution in [2.75, 3.05) is 5.32 Å². The zero-order chi connectivity index (χ0) is 14.7. The van der Waals surface area contributed by atoms with Crippen LogP contribution in [0.1, 0.15) is 17.2 Å². The highest BCUT2D eigenvalue weighted by Crippen LogP contribution is 2.26. The van der Waals surface area contributed by atoms with E-state index in [1.807, 2.05) is 31.2 Å². The molecule has 0 radical (unpaired) electrons. The summed E-state index contributed by atoms with van der Waals surface area (Å²) in [6, 6.07) is 11.0. The second kappa shape index (κ2) is 6.05. The fourth-order valence-corrected chi connectivity index (χ4v) is 2.31. The molecule has 0 spiro atoms. The molecule has 2 rings (SSSR count). The average molecular weight is 337 g/mol. The van der Waals surface area contributed by atoms with Crippen molar-refractivity contribution < 1.29 is 9.18 Å². The molecule has 0 bridgehead atoms. The number of halogens is 2. The van der Waals surface area contributed by atoms with Gasteiger partial charge in [0.1, 0.15) is 11.9 Å². The lowest BCUT2D eigenvalue weighted by molar-refractivity contribution is -0.118. The monoisotopic (exact) mass is 336 g/mol. The maximum atomic E-state index is 13.9. The van der Waals surface area contributed by atoms with E-state index in [-0.39, 0.29) is 5.56 Å². The molecule has 2 aromatic rings. The largest absolute Gasteiger partial charge is 0.370 e. The Morgan fingerprint density at radius 3 is 2.65 bits per heavy atom. The summed E-state index contributed by atoms with van der Waals surface area (Å²) in [6.45, 7) is 1.90. The number of carbonyl (C=O) groups excluding carboxylic acids is 1. The third-order valence-electron chi connectivity index (χ3n) is 3.00. The van der Waals surface area contributed by atoms with Crippen LogP contribution in [-0.2, 0) is 4.79 Å². The fourth-order valence-electron chi connectivity index (χ4n) is 1.93. The Kier molecular flexibility index (Phi) is 4.39. The van der Waals surface area contributed by atoms with Gasteiger partial charge in [0.25, 0.3) is 0 Å². The number of primary amides is 1. The van der Waals surface area contributed by atoms with E-state index in [0.29, 0.717) is 4.47 Å². The molecule has 5 heteroatoms. The van der Waals surface area contributed by atoms with Crippen molar-refractivity contribution >= 4 is 27.5 Å². The minimum absolute atomic E-state index is 0.218. The summed E-state index contributed by atoms with van der Waals surface area (Å²) in [4.78, 5) is 11.7. The molecule has 1 atom stereocenters. The molecule has 1 amide bonds. The number of anilines is 1. The van der Waals surface area contributed by atoms with Crippen LogP contribution in [0.5, 0.6) is 0 Å². The molecule has 2 aromatic carbocycles. The van der Waals surface area contributed by atoms with E-state index >= 15 is 0 Å². The molecule has 0 saturated heterocycles. The van der Waals surface area contributed by atoms with Crippen LogP contribution in [0.3, 0.4) is 0 Å². The second-order valence-corrected chi connectivity index (χ2v) is 5.38.